The molecule has 0 bridgehead atoms. The number of carbonyl (C=O) groups excluding carboxylic acids is 2. The van der Waals surface area contributed by atoms with E-state index in [-0.39, 0.29) is 0 Å². The van der Waals surface area contributed by atoms with Crippen molar-refractivity contribution in [1.82, 2.24) is 15.0 Å². The van der Waals surface area contributed by atoms with Crippen molar-refractivity contribution in [2.24, 2.45) is 0 Å². The lowest BCUT2D eigenvalue weighted by Crippen LogP contribution is -2.29. The maximum atomic E-state index is 12.7. The van der Waals surface area contributed by atoms with Crippen LogP contribution in [0.3, 0.4) is 0 Å². The molecule has 3 aromatic carbocycles. The van der Waals surface area contributed by atoms with E-state index in [0.717, 1.165) is 28.2 Å². The fraction of sp³-hybridized carbons (Fsp3) is 0.111. The number of thiazole rings is 1. The number of nitrogens with zero attached hydrogens (tertiary/aromatic N) is 2. The van der Waals surface area contributed by atoms with Crippen molar-refractivity contribution in [3.05, 3.63) is 89.3 Å². The molecule has 0 fully saturated rings. The molecule has 2 N–H and O–H groups in total. The maximum Gasteiger partial charge on any atom is 0.338 e. The fourth-order valence-electron chi connectivity index (χ4n) is 3.55. The van der Waals surface area contributed by atoms with Gasteiger partial charge in [-0.15, -0.1) is 11.3 Å². The average molecular weight is 483 g/mol. The molecule has 0 saturated carbocycles. The number of aromatic amines is 1. The minimum Gasteiger partial charge on any atom is -0.449 e. The number of amides is 1. The summed E-state index contributed by atoms with van der Waals surface area (Å²) in [4.78, 5) is 37.6. The molecule has 0 aliphatic rings. The molecule has 1 amide bonds. The molecule has 0 aliphatic heterocycles. The van der Waals surface area contributed by atoms with Crippen molar-refractivity contribution >= 4 is 39.4 Å². The van der Waals surface area contributed by atoms with Crippen LogP contribution in [-0.2, 0) is 9.53 Å². The number of hydrogen-bond acceptors (Lipinski definition) is 6. The Morgan fingerprint density at radius 1 is 0.971 bits per heavy atom. The van der Waals surface area contributed by atoms with Gasteiger partial charge in [0.2, 0.25) is 0 Å². The second kappa shape index (κ2) is 9.52. The van der Waals surface area contributed by atoms with Crippen LogP contribution in [0.2, 0.25) is 0 Å². The summed E-state index contributed by atoms with van der Waals surface area (Å²) in [5, 5.41) is 5.03. The van der Waals surface area contributed by atoms with Gasteiger partial charge in [-0.3, -0.25) is 10.1 Å². The Bertz CT molecular complexity index is 1510. The van der Waals surface area contributed by atoms with Crippen LogP contribution < -0.4 is 5.32 Å². The third-order valence-corrected chi connectivity index (χ3v) is 6.26. The van der Waals surface area contributed by atoms with Crippen molar-refractivity contribution < 1.29 is 14.3 Å². The molecule has 0 saturated heterocycles. The molecule has 8 heteroatoms. The Labute approximate surface area is 205 Å². The summed E-state index contributed by atoms with van der Waals surface area (Å²) in [5.41, 5.74) is 5.64. The van der Waals surface area contributed by atoms with Crippen LogP contribution in [-0.4, -0.2) is 32.9 Å². The molecule has 7 nitrogen and oxygen atoms in total. The molecule has 0 spiro atoms. The number of aryl methyl sites for hydroxylation is 1. The van der Waals surface area contributed by atoms with Gasteiger partial charge in [0.15, 0.2) is 11.2 Å². The van der Waals surface area contributed by atoms with Crippen LogP contribution >= 0.6 is 11.3 Å². The van der Waals surface area contributed by atoms with E-state index in [4.69, 9.17) is 4.74 Å². The number of rotatable bonds is 6. The number of ether oxygens (including phenoxy) is 1. The number of esters is 1. The van der Waals surface area contributed by atoms with Crippen molar-refractivity contribution in [2.75, 3.05) is 5.32 Å². The molecule has 5 rings (SSSR count). The van der Waals surface area contributed by atoms with E-state index >= 15 is 0 Å². The Kier molecular flexibility index (Phi) is 6.12. The smallest absolute Gasteiger partial charge is 0.338 e. The highest BCUT2D eigenvalue weighted by Crippen LogP contribution is 2.25. The van der Waals surface area contributed by atoms with Gasteiger partial charge in [-0.1, -0.05) is 60.2 Å². The molecule has 2 aromatic heterocycles. The molecule has 5 aromatic rings. The minimum atomic E-state index is -0.993. The quantitative estimate of drug-likeness (QED) is 0.296. The van der Waals surface area contributed by atoms with Gasteiger partial charge < -0.3 is 9.72 Å². The lowest BCUT2D eigenvalue weighted by atomic mass is 10.1. The second-order valence-electron chi connectivity index (χ2n) is 8.12. The standard InChI is InChI=1S/C27H22N4O3S/c1-16-8-10-19(11-9-16)24-28-21-13-12-20(14-22(21)29-24)26(33)34-17(2)25(32)31-27-30-23(15-35-27)18-6-4-3-5-7-18/h3-15,17H,1-2H3,(H,28,29)(H,30,31,32). The van der Waals surface area contributed by atoms with Gasteiger partial charge in [0.1, 0.15) is 5.82 Å². The van der Waals surface area contributed by atoms with Crippen LogP contribution in [0.4, 0.5) is 5.13 Å². The van der Waals surface area contributed by atoms with Gasteiger partial charge >= 0.3 is 5.97 Å². The summed E-state index contributed by atoms with van der Waals surface area (Å²) in [5.74, 6) is -0.321. The molecule has 174 valence electrons. The molecule has 35 heavy (non-hydrogen) atoms. The zero-order valence-electron chi connectivity index (χ0n) is 19.1. The van der Waals surface area contributed by atoms with Crippen molar-refractivity contribution in [2.45, 2.75) is 20.0 Å². The number of imidazole rings is 1. The fourth-order valence-corrected chi connectivity index (χ4v) is 4.27. The number of carbonyl (C=O) groups is 2. The number of H-pyrrole nitrogens is 1. The molecular weight excluding hydrogens is 460 g/mol. The van der Waals surface area contributed by atoms with Gasteiger partial charge in [0.05, 0.1) is 22.3 Å². The minimum absolute atomic E-state index is 0.330. The van der Waals surface area contributed by atoms with Gasteiger partial charge in [0, 0.05) is 16.5 Å². The number of nitrogens with one attached hydrogen (secondary N) is 2. The average Bonchev–Trinajstić information content (AvgIpc) is 3.51. The summed E-state index contributed by atoms with van der Waals surface area (Å²) in [7, 11) is 0. The Hall–Kier alpha value is -4.30. The van der Waals surface area contributed by atoms with E-state index in [9.17, 15) is 9.59 Å². The van der Waals surface area contributed by atoms with Gasteiger partial charge in [0.25, 0.3) is 5.91 Å². The first kappa shape index (κ1) is 22.5. The normalized spacial score (nSPS) is 11.8. The number of benzene rings is 3. The van der Waals surface area contributed by atoms with E-state index in [1.165, 1.54) is 23.8 Å². The van der Waals surface area contributed by atoms with Gasteiger partial charge in [-0.2, -0.15) is 0 Å². The molecule has 2 heterocycles. The molecule has 0 radical (unpaired) electrons. The Morgan fingerprint density at radius 2 is 1.74 bits per heavy atom. The zero-order valence-corrected chi connectivity index (χ0v) is 19.9. The summed E-state index contributed by atoms with van der Waals surface area (Å²) in [6.45, 7) is 3.56. The first-order chi connectivity index (χ1) is 17.0. The number of anilines is 1. The van der Waals surface area contributed by atoms with Crippen LogP contribution in [0.15, 0.2) is 78.2 Å². The third-order valence-electron chi connectivity index (χ3n) is 5.50. The van der Waals surface area contributed by atoms with Crippen molar-refractivity contribution in [3.63, 3.8) is 0 Å². The zero-order chi connectivity index (χ0) is 24.4. The number of aromatic nitrogens is 3. The monoisotopic (exact) mass is 482 g/mol. The van der Waals surface area contributed by atoms with Gasteiger partial charge in [-0.05, 0) is 32.0 Å². The highest BCUT2D eigenvalue weighted by molar-refractivity contribution is 7.14. The Balaban J connectivity index is 1.24. The summed E-state index contributed by atoms with van der Waals surface area (Å²) in [6.07, 6.45) is -0.993. The lowest BCUT2D eigenvalue weighted by Gasteiger charge is -2.12. The Morgan fingerprint density at radius 3 is 2.51 bits per heavy atom. The van der Waals surface area contributed by atoms with Crippen LogP contribution in [0, 0.1) is 6.92 Å². The molecular formula is C27H22N4O3S. The van der Waals surface area contributed by atoms with E-state index < -0.39 is 18.0 Å². The number of hydrogen-bond donors (Lipinski definition) is 2. The summed E-state index contributed by atoms with van der Waals surface area (Å²) < 4.78 is 5.41. The first-order valence-electron chi connectivity index (χ1n) is 11.1. The largest absolute Gasteiger partial charge is 0.449 e. The summed E-state index contributed by atoms with van der Waals surface area (Å²) in [6, 6.07) is 22.8. The van der Waals surface area contributed by atoms with Crippen LogP contribution in [0.1, 0.15) is 22.8 Å². The highest BCUT2D eigenvalue weighted by Gasteiger charge is 2.21. The third kappa shape index (κ3) is 4.97. The van der Waals surface area contributed by atoms with E-state index in [2.05, 4.69) is 20.3 Å². The predicted molar refractivity (Wildman–Crippen MR) is 137 cm³/mol. The van der Waals surface area contributed by atoms with Crippen LogP contribution in [0.25, 0.3) is 33.7 Å². The maximum absolute atomic E-state index is 12.7. The molecule has 1 unspecified atom stereocenters. The second-order valence-corrected chi connectivity index (χ2v) is 8.98. The molecule has 1 atom stereocenters. The topological polar surface area (TPSA) is 97.0 Å². The SMILES string of the molecule is Cc1ccc(-c2nc3ccc(C(=O)OC(C)C(=O)Nc4nc(-c5ccccc5)cs4)cc3[nH]2)cc1. The first-order valence-corrected chi connectivity index (χ1v) is 11.9. The van der Waals surface area contributed by atoms with Crippen molar-refractivity contribution in [1.29, 1.82) is 0 Å². The highest BCUT2D eigenvalue weighted by atomic mass is 32.1. The van der Waals surface area contributed by atoms with Crippen molar-refractivity contribution in [3.8, 4) is 22.6 Å². The predicted octanol–water partition coefficient (Wildman–Crippen LogP) is 5.85. The van der Waals surface area contributed by atoms with E-state index in [1.54, 1.807) is 18.2 Å². The van der Waals surface area contributed by atoms with Crippen LogP contribution in [0.5, 0.6) is 0 Å². The number of fused-ring (bicyclic) bond motifs is 1. The van der Waals surface area contributed by atoms with Gasteiger partial charge in [-0.25, -0.2) is 14.8 Å². The lowest BCUT2D eigenvalue weighted by molar-refractivity contribution is -0.123. The molecule has 0 aliphatic carbocycles. The van der Waals surface area contributed by atoms with E-state index in [0.29, 0.717) is 16.2 Å². The summed E-state index contributed by atoms with van der Waals surface area (Å²) >= 11 is 1.31. The van der Waals surface area contributed by atoms with E-state index in [1.807, 2.05) is 66.9 Å².